The van der Waals surface area contributed by atoms with Gasteiger partial charge in [-0.2, -0.15) is 59.8 Å². The van der Waals surface area contributed by atoms with Gasteiger partial charge in [0.05, 0.1) is 0 Å². The largest absolute Gasteiger partial charge is 0.364 e. The van der Waals surface area contributed by atoms with Crippen LogP contribution in [-0.4, -0.2) is 332 Å². The highest BCUT2D eigenvalue weighted by Crippen LogP contribution is 2.26. The second-order valence-corrected chi connectivity index (χ2v) is 23.3. The standard InChI is InChI=1S/C21H33N5O4.C20H40N6O6.C17H25N5O4.C15H30N6O6/c1-5-27-14-25(15-28-6-2)20-22-19(18-12-10-9-11-13-18)23-21(24-20)26(16-29-7-3)17-30-8-4;1-7-28-13-24(12-27-6)18-21-19(25(14-29-8-2)15-30-9-3)23-20(22-18)26(16-31-10-4)17-32-11-5;1-23-10-21(11-24-2)16-18-15(14-8-6-5-7-9-14)19-17(20-16)22(12-25-3)13-26-4;1-22-7-19(8-23-2)13-16-14(20(9-24-3)10-25-4)18-15(17-13)21(11-26-5)12-27-6/h9-13H,5-8,14-17H2,1-4H3;7-17H2,1-6H3;5-9H,10-13H2,1-4H3;7-12H2,1-6H3. The summed E-state index contributed by atoms with van der Waals surface area (Å²) in [6, 6.07) is 19.5. The fourth-order valence-electron chi connectivity index (χ4n) is 9.30. The Balaban J connectivity index is 0.000000398. The van der Waals surface area contributed by atoms with Gasteiger partial charge in [-0.15, -0.1) is 0 Å². The summed E-state index contributed by atoms with van der Waals surface area (Å²) in [6.07, 6.45) is 0. The van der Waals surface area contributed by atoms with E-state index in [0.717, 1.165) is 11.1 Å². The van der Waals surface area contributed by atoms with E-state index in [4.69, 9.17) is 94.7 Å². The van der Waals surface area contributed by atoms with Crippen LogP contribution in [0.3, 0.4) is 0 Å². The minimum Gasteiger partial charge on any atom is -0.364 e. The summed E-state index contributed by atoms with van der Waals surface area (Å²) in [5.41, 5.74) is 1.77. The van der Waals surface area contributed by atoms with Crippen molar-refractivity contribution in [2.75, 3.05) is 321 Å². The monoisotopic (exact) mass is 1630 g/mol. The summed E-state index contributed by atoms with van der Waals surface area (Å²) in [7, 11) is 17.5. The molecule has 42 nitrogen and oxygen atoms in total. The van der Waals surface area contributed by atoms with Gasteiger partial charge in [0.2, 0.25) is 59.5 Å². The normalized spacial score (nSPS) is 10.9. The molecule has 0 bridgehead atoms. The van der Waals surface area contributed by atoms with Crippen molar-refractivity contribution < 1.29 is 94.7 Å². The first-order valence-corrected chi connectivity index (χ1v) is 37.5. The number of hydrogen-bond donors (Lipinski definition) is 0. The van der Waals surface area contributed by atoms with E-state index in [0.29, 0.717) is 158 Å². The molecule has 0 unspecified atom stereocenters. The molecule has 0 radical (unpaired) electrons. The van der Waals surface area contributed by atoms with Gasteiger partial charge in [0.1, 0.15) is 135 Å². The van der Waals surface area contributed by atoms with E-state index < -0.39 is 0 Å². The van der Waals surface area contributed by atoms with Crippen LogP contribution >= 0.6 is 0 Å². The average molecular weight is 1630 g/mol. The van der Waals surface area contributed by atoms with Crippen LogP contribution in [0.2, 0.25) is 0 Å². The third-order valence-electron chi connectivity index (χ3n) is 14.5. The molecule has 0 aliphatic carbocycles. The third kappa shape index (κ3) is 38.1. The van der Waals surface area contributed by atoms with Crippen molar-refractivity contribution in [1.29, 1.82) is 0 Å². The Morgan fingerprint density at radius 1 is 0.174 bits per heavy atom. The minimum absolute atomic E-state index is 0.236. The summed E-state index contributed by atoms with van der Waals surface area (Å²) in [5.74, 6) is 5.24. The minimum atomic E-state index is 0.236. The summed E-state index contributed by atoms with van der Waals surface area (Å²) in [5, 5.41) is 0. The van der Waals surface area contributed by atoms with Crippen molar-refractivity contribution >= 4 is 59.5 Å². The Kier molecular flexibility index (Phi) is 56.0. The van der Waals surface area contributed by atoms with Crippen molar-refractivity contribution in [3.63, 3.8) is 0 Å². The molecule has 0 N–H and O–H groups in total. The predicted molar refractivity (Wildman–Crippen MR) is 434 cm³/mol. The summed E-state index contributed by atoms with van der Waals surface area (Å²) < 4.78 is 108. The molecule has 0 spiro atoms. The van der Waals surface area contributed by atoms with Crippen molar-refractivity contribution in [1.82, 2.24) is 59.8 Å². The number of benzene rings is 2. The van der Waals surface area contributed by atoms with Gasteiger partial charge in [-0.25, -0.2) is 0 Å². The van der Waals surface area contributed by atoms with E-state index >= 15 is 0 Å². The van der Waals surface area contributed by atoms with Crippen molar-refractivity contribution in [3.8, 4) is 22.8 Å². The molecule has 650 valence electrons. The molecular weight excluding hydrogens is 1500 g/mol. The molecule has 6 aromatic rings. The number of ether oxygens (including phenoxy) is 20. The summed E-state index contributed by atoms with van der Waals surface area (Å²) >= 11 is 0. The van der Waals surface area contributed by atoms with Gasteiger partial charge in [-0.1, -0.05) is 60.7 Å². The number of hydrogen-bond acceptors (Lipinski definition) is 42. The van der Waals surface area contributed by atoms with Gasteiger partial charge in [-0.3, -0.25) is 49.0 Å². The van der Waals surface area contributed by atoms with E-state index in [9.17, 15) is 0 Å². The first-order chi connectivity index (χ1) is 56.2. The van der Waals surface area contributed by atoms with Gasteiger partial charge in [0.25, 0.3) is 0 Å². The highest BCUT2D eigenvalue weighted by atomic mass is 16.6. The van der Waals surface area contributed by atoms with Crippen molar-refractivity contribution in [2.45, 2.75) is 62.3 Å². The zero-order chi connectivity index (χ0) is 84.1. The zero-order valence-corrected chi connectivity index (χ0v) is 71.3. The van der Waals surface area contributed by atoms with Crippen molar-refractivity contribution in [2.24, 2.45) is 0 Å². The maximum Gasteiger partial charge on any atom is 0.235 e. The molecule has 0 saturated heterocycles. The van der Waals surface area contributed by atoms with Gasteiger partial charge in [0, 0.05) is 149 Å². The van der Waals surface area contributed by atoms with Crippen molar-refractivity contribution in [3.05, 3.63) is 60.7 Å². The van der Waals surface area contributed by atoms with Crippen LogP contribution in [0.4, 0.5) is 59.5 Å². The second kappa shape index (κ2) is 63.8. The summed E-state index contributed by atoms with van der Waals surface area (Å²) in [6.45, 7) is 27.8. The predicted octanol–water partition coefficient (Wildman–Crippen LogP) is 6.47. The van der Waals surface area contributed by atoms with Gasteiger partial charge < -0.3 is 94.7 Å². The second-order valence-electron chi connectivity index (χ2n) is 23.3. The lowest BCUT2D eigenvalue weighted by molar-refractivity contribution is 0.0921. The van der Waals surface area contributed by atoms with Crippen LogP contribution in [0.5, 0.6) is 0 Å². The first-order valence-electron chi connectivity index (χ1n) is 37.5. The average Bonchev–Trinajstić information content (AvgIpc) is 0.829. The Hall–Kier alpha value is -8.32. The van der Waals surface area contributed by atoms with Crippen LogP contribution in [0.1, 0.15) is 62.3 Å². The SMILES string of the molecule is CCOCN(COC)c1nc(N(COCC)COCC)nc(N(COCC)COCC)n1.CCOCN(COCC)c1nc(-c2ccccc2)nc(N(COCC)COCC)n1.COCN(COC)c1nc(-c2ccccc2)nc(N(COC)COC)n1.COCN(COC)c1nc(N(COC)COC)nc(N(COC)COC)n1. The number of aromatic nitrogens is 12. The lowest BCUT2D eigenvalue weighted by Crippen LogP contribution is -2.36. The highest BCUT2D eigenvalue weighted by molar-refractivity contribution is 5.60. The first kappa shape index (κ1) is 101. The maximum atomic E-state index is 5.61. The molecule has 42 heteroatoms. The van der Waals surface area contributed by atoms with Gasteiger partial charge in [-0.05, 0) is 62.3 Å². The molecule has 0 aliphatic rings. The fourth-order valence-corrected chi connectivity index (χ4v) is 9.30. The Morgan fingerprint density at radius 3 is 0.426 bits per heavy atom. The molecule has 4 heterocycles. The van der Waals surface area contributed by atoms with E-state index in [1.165, 1.54) is 0 Å². The number of nitrogens with zero attached hydrogens (tertiary/aromatic N) is 22. The fraction of sp³-hybridized carbons (Fsp3) is 0.671. The molecule has 4 aromatic heterocycles. The van der Waals surface area contributed by atoms with E-state index in [2.05, 4.69) is 59.8 Å². The molecule has 0 saturated carbocycles. The maximum absolute atomic E-state index is 5.61. The van der Waals surface area contributed by atoms with Crippen LogP contribution in [0.15, 0.2) is 60.7 Å². The Labute approximate surface area is 678 Å². The lowest BCUT2D eigenvalue weighted by atomic mass is 10.2. The Bertz CT molecular complexity index is 3110. The van der Waals surface area contributed by atoms with Crippen LogP contribution in [0.25, 0.3) is 22.8 Å². The molecule has 0 atom stereocenters. The van der Waals surface area contributed by atoms with E-state index in [1.807, 2.05) is 133 Å². The molecule has 6 rings (SSSR count). The Morgan fingerprint density at radius 2 is 0.296 bits per heavy atom. The topological polar surface area (TPSA) is 372 Å². The van der Waals surface area contributed by atoms with E-state index in [1.54, 1.807) is 117 Å². The molecule has 0 amide bonds. The molecule has 0 aliphatic heterocycles. The third-order valence-corrected chi connectivity index (χ3v) is 14.5. The number of anilines is 10. The quantitative estimate of drug-likeness (QED) is 0.0369. The molecule has 115 heavy (non-hydrogen) atoms. The molecular formula is C73H128N22O20. The van der Waals surface area contributed by atoms with E-state index in [-0.39, 0.29) is 108 Å². The van der Waals surface area contributed by atoms with Gasteiger partial charge in [0.15, 0.2) is 11.6 Å². The number of rotatable bonds is 61. The zero-order valence-electron chi connectivity index (χ0n) is 71.3. The highest BCUT2D eigenvalue weighted by Gasteiger charge is 2.26. The smallest absolute Gasteiger partial charge is 0.235 e. The lowest BCUT2D eigenvalue weighted by Gasteiger charge is -2.28. The molecule has 0 fully saturated rings. The number of methoxy groups -OCH3 is 11. The molecule has 2 aromatic carbocycles. The van der Waals surface area contributed by atoms with Crippen LogP contribution in [0, 0.1) is 0 Å². The van der Waals surface area contributed by atoms with Crippen LogP contribution < -0.4 is 49.0 Å². The van der Waals surface area contributed by atoms with Crippen LogP contribution in [-0.2, 0) is 94.7 Å². The summed E-state index contributed by atoms with van der Waals surface area (Å²) in [4.78, 5) is 73.0. The van der Waals surface area contributed by atoms with Gasteiger partial charge >= 0.3 is 0 Å².